The van der Waals surface area contributed by atoms with Crippen molar-refractivity contribution in [3.8, 4) is 0 Å². The highest BCUT2D eigenvalue weighted by molar-refractivity contribution is 7.99. The summed E-state index contributed by atoms with van der Waals surface area (Å²) in [6, 6.07) is 17.1. The standard InChI is InChI=1S/C15H15NOS2.C4H10/c1-18-17-11-10-16-12-6-2-4-8-14(12)19-15-9-5-3-7-13(15)16;1-4(2)3/h2-9H,10-11H2,1H3;4H,1-3H3. The van der Waals surface area contributed by atoms with E-state index >= 15 is 0 Å². The third-order valence-electron chi connectivity index (χ3n) is 3.05. The number of rotatable bonds is 4. The molecule has 0 saturated heterocycles. The molecule has 0 bridgehead atoms. The molecule has 0 aromatic heterocycles. The predicted octanol–water partition coefficient (Wildman–Crippen LogP) is 6.25. The second-order valence-electron chi connectivity index (χ2n) is 5.91. The Bertz CT molecular complexity index is 568. The second kappa shape index (κ2) is 9.26. The number of hydrogen-bond acceptors (Lipinski definition) is 4. The van der Waals surface area contributed by atoms with Crippen LogP contribution in [0.2, 0.25) is 0 Å². The molecule has 0 spiro atoms. The quantitative estimate of drug-likeness (QED) is 0.479. The van der Waals surface area contributed by atoms with Gasteiger partial charge in [0.2, 0.25) is 0 Å². The van der Waals surface area contributed by atoms with Gasteiger partial charge < -0.3 is 9.08 Å². The van der Waals surface area contributed by atoms with Crippen LogP contribution in [0.3, 0.4) is 0 Å². The Morgan fingerprint density at radius 3 is 1.91 bits per heavy atom. The maximum atomic E-state index is 5.43. The van der Waals surface area contributed by atoms with Crippen molar-refractivity contribution in [2.75, 3.05) is 24.3 Å². The summed E-state index contributed by atoms with van der Waals surface area (Å²) >= 11 is 3.26. The first-order valence-electron chi connectivity index (χ1n) is 7.92. The van der Waals surface area contributed by atoms with Crippen molar-refractivity contribution in [2.24, 2.45) is 5.92 Å². The van der Waals surface area contributed by atoms with Gasteiger partial charge in [-0.3, -0.25) is 0 Å². The van der Waals surface area contributed by atoms with Crippen LogP contribution in [0.5, 0.6) is 0 Å². The largest absolute Gasteiger partial charge is 0.337 e. The van der Waals surface area contributed by atoms with Crippen LogP contribution in [0.15, 0.2) is 58.3 Å². The molecule has 0 amide bonds. The van der Waals surface area contributed by atoms with Crippen LogP contribution >= 0.6 is 23.8 Å². The molecule has 0 fully saturated rings. The van der Waals surface area contributed by atoms with Crippen LogP contribution in [-0.4, -0.2) is 19.4 Å². The average Bonchev–Trinajstić information content (AvgIpc) is 2.54. The van der Waals surface area contributed by atoms with E-state index in [1.807, 2.05) is 18.0 Å². The van der Waals surface area contributed by atoms with Crippen molar-refractivity contribution in [1.29, 1.82) is 0 Å². The summed E-state index contributed by atoms with van der Waals surface area (Å²) in [5, 5.41) is 0. The van der Waals surface area contributed by atoms with Gasteiger partial charge in [-0.1, -0.05) is 56.8 Å². The Hall–Kier alpha value is -1.10. The average molecular weight is 348 g/mol. The first kappa shape index (κ1) is 18.2. The van der Waals surface area contributed by atoms with E-state index in [0.29, 0.717) is 6.61 Å². The summed E-state index contributed by atoms with van der Waals surface area (Å²) in [7, 11) is 0. The summed E-state index contributed by atoms with van der Waals surface area (Å²) < 4.78 is 5.43. The summed E-state index contributed by atoms with van der Waals surface area (Å²) in [5.74, 6) is 0.833. The summed E-state index contributed by atoms with van der Waals surface area (Å²) in [5.41, 5.74) is 2.55. The van der Waals surface area contributed by atoms with Gasteiger partial charge in [0, 0.05) is 22.6 Å². The zero-order chi connectivity index (χ0) is 16.7. The highest BCUT2D eigenvalue weighted by Gasteiger charge is 2.22. The van der Waals surface area contributed by atoms with E-state index < -0.39 is 0 Å². The molecule has 0 aliphatic carbocycles. The van der Waals surface area contributed by atoms with Crippen LogP contribution in [-0.2, 0) is 4.18 Å². The topological polar surface area (TPSA) is 12.5 Å². The van der Waals surface area contributed by atoms with Crippen LogP contribution < -0.4 is 4.90 Å². The summed E-state index contributed by atoms with van der Waals surface area (Å²) in [4.78, 5) is 4.97. The minimum atomic E-state index is 0.717. The van der Waals surface area contributed by atoms with Gasteiger partial charge in [0.05, 0.1) is 18.0 Å². The van der Waals surface area contributed by atoms with E-state index in [1.165, 1.54) is 33.2 Å². The van der Waals surface area contributed by atoms with E-state index in [1.54, 1.807) is 0 Å². The highest BCUT2D eigenvalue weighted by atomic mass is 32.2. The Labute approximate surface area is 148 Å². The summed E-state index contributed by atoms with van der Waals surface area (Å²) in [6.45, 7) is 8.09. The smallest absolute Gasteiger partial charge is 0.0793 e. The molecule has 0 unspecified atom stereocenters. The van der Waals surface area contributed by atoms with Crippen molar-refractivity contribution < 1.29 is 4.18 Å². The molecule has 1 aliphatic heterocycles. The number of fused-ring (bicyclic) bond motifs is 2. The number of para-hydroxylation sites is 2. The zero-order valence-electron chi connectivity index (χ0n) is 14.3. The molecule has 2 nitrogen and oxygen atoms in total. The first-order chi connectivity index (χ1) is 11.1. The fourth-order valence-electron chi connectivity index (χ4n) is 2.23. The third kappa shape index (κ3) is 5.20. The lowest BCUT2D eigenvalue weighted by Gasteiger charge is -2.32. The van der Waals surface area contributed by atoms with Crippen LogP contribution in [0.1, 0.15) is 20.8 Å². The first-order valence-corrected chi connectivity index (χ1v) is 9.89. The fraction of sp³-hybridized carbons (Fsp3) is 0.368. The third-order valence-corrected chi connectivity index (χ3v) is 4.58. The SMILES string of the molecule is CC(C)C.CSOCCN1c2ccccc2Sc2ccccc21. The lowest BCUT2D eigenvalue weighted by molar-refractivity contribution is 0.386. The number of anilines is 2. The maximum absolute atomic E-state index is 5.43. The molecule has 0 saturated carbocycles. The highest BCUT2D eigenvalue weighted by Crippen LogP contribution is 2.47. The van der Waals surface area contributed by atoms with Crippen molar-refractivity contribution in [2.45, 2.75) is 30.6 Å². The van der Waals surface area contributed by atoms with Gasteiger partial charge in [-0.25, -0.2) is 0 Å². The Balaban J connectivity index is 0.000000433. The van der Waals surface area contributed by atoms with Crippen LogP contribution in [0, 0.1) is 5.92 Å². The van der Waals surface area contributed by atoms with Crippen molar-refractivity contribution in [3.63, 3.8) is 0 Å². The molecule has 1 aliphatic rings. The van der Waals surface area contributed by atoms with E-state index in [0.717, 1.165) is 12.5 Å². The Morgan fingerprint density at radius 2 is 1.43 bits per heavy atom. The molecule has 2 aromatic rings. The van der Waals surface area contributed by atoms with Gasteiger partial charge in [-0.05, 0) is 42.2 Å². The second-order valence-corrected chi connectivity index (χ2v) is 7.56. The van der Waals surface area contributed by atoms with Gasteiger partial charge in [-0.2, -0.15) is 0 Å². The van der Waals surface area contributed by atoms with E-state index in [9.17, 15) is 0 Å². The van der Waals surface area contributed by atoms with Crippen molar-refractivity contribution >= 4 is 35.2 Å². The van der Waals surface area contributed by atoms with Gasteiger partial charge in [0.25, 0.3) is 0 Å². The van der Waals surface area contributed by atoms with Crippen molar-refractivity contribution in [1.82, 2.24) is 0 Å². The molecule has 23 heavy (non-hydrogen) atoms. The van der Waals surface area contributed by atoms with Gasteiger partial charge in [-0.15, -0.1) is 0 Å². The molecular formula is C19H25NOS2. The van der Waals surface area contributed by atoms with E-state index in [4.69, 9.17) is 4.18 Å². The fourth-order valence-corrected chi connectivity index (χ4v) is 3.57. The van der Waals surface area contributed by atoms with Gasteiger partial charge in [0.15, 0.2) is 0 Å². The van der Waals surface area contributed by atoms with Gasteiger partial charge in [0.1, 0.15) is 0 Å². The molecule has 2 aromatic carbocycles. The monoisotopic (exact) mass is 347 g/mol. The molecule has 1 heterocycles. The van der Waals surface area contributed by atoms with E-state index in [-0.39, 0.29) is 0 Å². The lowest BCUT2D eigenvalue weighted by Crippen LogP contribution is -2.24. The van der Waals surface area contributed by atoms with E-state index in [2.05, 4.69) is 74.2 Å². The lowest BCUT2D eigenvalue weighted by atomic mass is 10.2. The van der Waals surface area contributed by atoms with Crippen LogP contribution in [0.25, 0.3) is 0 Å². The molecule has 0 atom stereocenters. The molecule has 0 N–H and O–H groups in total. The normalized spacial score (nSPS) is 12.3. The molecule has 124 valence electrons. The van der Waals surface area contributed by atoms with Crippen molar-refractivity contribution in [3.05, 3.63) is 48.5 Å². The molecular weight excluding hydrogens is 322 g/mol. The van der Waals surface area contributed by atoms with Gasteiger partial charge >= 0.3 is 0 Å². The Kier molecular flexibility index (Phi) is 7.34. The minimum absolute atomic E-state index is 0.717. The maximum Gasteiger partial charge on any atom is 0.0793 e. The number of benzene rings is 2. The Morgan fingerprint density at radius 1 is 0.957 bits per heavy atom. The molecule has 3 rings (SSSR count). The minimum Gasteiger partial charge on any atom is -0.337 e. The number of nitrogens with zero attached hydrogens (tertiary/aromatic N) is 1. The summed E-state index contributed by atoms with van der Waals surface area (Å²) in [6.07, 6.45) is 1.95. The predicted molar refractivity (Wildman–Crippen MR) is 104 cm³/mol. The number of hydrogen-bond donors (Lipinski definition) is 0. The zero-order valence-corrected chi connectivity index (χ0v) is 15.9. The molecule has 4 heteroatoms. The van der Waals surface area contributed by atoms with Crippen LogP contribution in [0.4, 0.5) is 11.4 Å². The molecule has 0 radical (unpaired) electrons.